The molecule has 1 saturated carbocycles. The highest BCUT2D eigenvalue weighted by Gasteiger charge is 2.44. The second-order valence-electron chi connectivity index (χ2n) is 16.6. The molecule has 0 spiro atoms. The Morgan fingerprint density at radius 3 is 1.95 bits per heavy atom. The average Bonchev–Trinajstić information content (AvgIpc) is 3.92. The van der Waals surface area contributed by atoms with E-state index >= 15 is 0 Å². The Morgan fingerprint density at radius 2 is 1.44 bits per heavy atom. The third-order valence-electron chi connectivity index (χ3n) is 11.3. The highest BCUT2D eigenvalue weighted by atomic mass is 32.2. The van der Waals surface area contributed by atoms with Crippen molar-refractivity contribution in [2.24, 2.45) is 23.7 Å². The topological polar surface area (TPSA) is 193 Å². The first-order valence-corrected chi connectivity index (χ1v) is 21.8. The number of amides is 5. The lowest BCUT2D eigenvalue weighted by Crippen LogP contribution is -2.59. The van der Waals surface area contributed by atoms with E-state index in [0.717, 1.165) is 5.56 Å². The molecule has 1 aromatic carbocycles. The van der Waals surface area contributed by atoms with Gasteiger partial charge in [0.15, 0.2) is 0 Å². The molecule has 0 aromatic heterocycles. The number of sulfonamides is 1. The first-order valence-electron chi connectivity index (χ1n) is 20.3. The Balaban J connectivity index is 1.77. The molecule has 4 N–H and O–H groups in total. The summed E-state index contributed by atoms with van der Waals surface area (Å²) in [5, 5.41) is 8.14. The minimum atomic E-state index is -3.86. The monoisotopic (exact) mass is 820 g/mol. The van der Waals surface area contributed by atoms with Gasteiger partial charge in [0.2, 0.25) is 33.7 Å². The van der Waals surface area contributed by atoms with Gasteiger partial charge < -0.3 is 35.2 Å². The molecule has 57 heavy (non-hydrogen) atoms. The van der Waals surface area contributed by atoms with Crippen LogP contribution in [0.1, 0.15) is 86.1 Å². The van der Waals surface area contributed by atoms with Gasteiger partial charge in [0, 0.05) is 34.2 Å². The summed E-state index contributed by atoms with van der Waals surface area (Å²) in [4.78, 5) is 72.0. The van der Waals surface area contributed by atoms with Crippen LogP contribution in [0.3, 0.4) is 0 Å². The fourth-order valence-electron chi connectivity index (χ4n) is 7.97. The van der Waals surface area contributed by atoms with Gasteiger partial charge in [-0.15, -0.1) is 0 Å². The highest BCUT2D eigenvalue weighted by molar-refractivity contribution is 7.90. The minimum absolute atomic E-state index is 0.00762. The number of rotatable bonds is 22. The predicted octanol–water partition coefficient (Wildman–Crippen LogP) is 2.24. The predicted molar refractivity (Wildman–Crippen MR) is 218 cm³/mol. The van der Waals surface area contributed by atoms with Gasteiger partial charge in [-0.05, 0) is 56.0 Å². The molecule has 1 saturated heterocycles. The fourth-order valence-corrected chi connectivity index (χ4v) is 9.32. The number of likely N-dealkylation sites (N-methyl/N-ethyl adjacent to an activating group) is 2. The standard InChI is InChI=1S/C41H68N6O9S/c1-24(2)34(42-8)40(51)44-35(25(3)4)41(52)46(9)36(26(5)6)32(55-10)23-33(48)47-21-15-18-31(47)37(56-11)27(7)38(49)43-30(22-28-16-13-12-14-17-28)39(50)45-57(53,54)29-19-20-29/h12-14,16-17,24-27,29-32,34-37,42H,15,18-23H2,1-11H3,(H,43,49)(H,44,51)(H,45,50)/t27-,30+,31+,32-,34+,35+,36+,37-/m1/s1. The van der Waals surface area contributed by atoms with Crippen LogP contribution in [0.5, 0.6) is 0 Å². The minimum Gasteiger partial charge on any atom is -0.379 e. The fraction of sp³-hybridized carbons (Fsp3) is 0.732. The molecule has 0 unspecified atom stereocenters. The van der Waals surface area contributed by atoms with Crippen molar-refractivity contribution in [3.8, 4) is 0 Å². The Kier molecular flexibility index (Phi) is 17.9. The highest BCUT2D eigenvalue weighted by Crippen LogP contribution is 2.30. The second kappa shape index (κ2) is 21.4. The van der Waals surface area contributed by atoms with E-state index in [1.807, 2.05) is 47.6 Å². The molecule has 0 radical (unpaired) electrons. The van der Waals surface area contributed by atoms with E-state index in [9.17, 15) is 32.4 Å². The van der Waals surface area contributed by atoms with Crippen LogP contribution in [0.2, 0.25) is 0 Å². The number of hydrogen-bond donors (Lipinski definition) is 4. The summed E-state index contributed by atoms with van der Waals surface area (Å²) in [7, 11) is 2.52. The third-order valence-corrected chi connectivity index (χ3v) is 13.2. The van der Waals surface area contributed by atoms with Gasteiger partial charge in [0.05, 0.1) is 47.9 Å². The van der Waals surface area contributed by atoms with Gasteiger partial charge in [-0.2, -0.15) is 0 Å². The quantitative estimate of drug-likeness (QED) is 0.135. The van der Waals surface area contributed by atoms with E-state index in [4.69, 9.17) is 9.47 Å². The maximum Gasteiger partial charge on any atom is 0.256 e. The number of nitrogens with zero attached hydrogens (tertiary/aromatic N) is 2. The largest absolute Gasteiger partial charge is 0.379 e. The van der Waals surface area contributed by atoms with Gasteiger partial charge in [-0.3, -0.25) is 28.7 Å². The van der Waals surface area contributed by atoms with Crippen molar-refractivity contribution in [2.75, 3.05) is 34.9 Å². The lowest BCUT2D eigenvalue weighted by Gasteiger charge is -2.40. The van der Waals surface area contributed by atoms with Crippen molar-refractivity contribution in [3.63, 3.8) is 0 Å². The van der Waals surface area contributed by atoms with Crippen LogP contribution >= 0.6 is 0 Å². The number of carbonyl (C=O) groups excluding carboxylic acids is 5. The zero-order chi connectivity index (χ0) is 42.8. The Morgan fingerprint density at radius 1 is 0.825 bits per heavy atom. The Bertz CT molecular complexity index is 1620. The molecule has 1 heterocycles. The average molecular weight is 821 g/mol. The molecular formula is C41H68N6O9S. The summed E-state index contributed by atoms with van der Waals surface area (Å²) in [6.45, 7) is 13.6. The lowest BCUT2D eigenvalue weighted by atomic mass is 9.91. The Labute approximate surface area is 340 Å². The zero-order valence-electron chi connectivity index (χ0n) is 35.7. The number of benzene rings is 1. The molecule has 8 atom stereocenters. The third kappa shape index (κ3) is 12.7. The van der Waals surface area contributed by atoms with Gasteiger partial charge >= 0.3 is 0 Å². The maximum atomic E-state index is 14.2. The SMILES string of the molecule is CN[C@H](C(=O)N[C@H](C(=O)N(C)[C@@H](C(C)C)[C@@H](CC(=O)N1CCC[C@H]1[C@H](OC)[C@@H](C)C(=O)N[C@@H](Cc1ccccc1)C(=O)NS(=O)(=O)C1CC1)OC)C(C)C)C(C)C. The van der Waals surface area contributed by atoms with Gasteiger partial charge in [-0.1, -0.05) is 78.8 Å². The Hall–Kier alpha value is -3.60. The van der Waals surface area contributed by atoms with Gasteiger partial charge in [0.1, 0.15) is 12.1 Å². The molecular weight excluding hydrogens is 753 g/mol. The molecule has 0 bridgehead atoms. The molecule has 1 aromatic rings. The number of carbonyl (C=O) groups is 5. The van der Waals surface area contributed by atoms with Crippen LogP contribution in [0.4, 0.5) is 0 Å². The van der Waals surface area contributed by atoms with Crippen LogP contribution in [0.15, 0.2) is 30.3 Å². The number of nitrogens with one attached hydrogen (secondary N) is 4. The summed E-state index contributed by atoms with van der Waals surface area (Å²) in [5.41, 5.74) is 0.739. The van der Waals surface area contributed by atoms with Crippen LogP contribution < -0.4 is 20.7 Å². The number of methoxy groups -OCH3 is 2. The van der Waals surface area contributed by atoms with Crippen LogP contribution in [-0.2, 0) is 49.9 Å². The van der Waals surface area contributed by atoms with Crippen molar-refractivity contribution in [3.05, 3.63) is 35.9 Å². The molecule has 2 aliphatic rings. The smallest absolute Gasteiger partial charge is 0.256 e. The summed E-state index contributed by atoms with van der Waals surface area (Å²) in [6, 6.07) is 5.57. The van der Waals surface area contributed by atoms with Gasteiger partial charge in [-0.25, -0.2) is 8.42 Å². The van der Waals surface area contributed by atoms with Crippen LogP contribution in [-0.4, -0.2) is 130 Å². The van der Waals surface area contributed by atoms with Crippen molar-refractivity contribution in [1.29, 1.82) is 0 Å². The van der Waals surface area contributed by atoms with Crippen molar-refractivity contribution < 1.29 is 41.9 Å². The number of hydrogen-bond acceptors (Lipinski definition) is 10. The normalized spacial score (nSPS) is 19.7. The molecule has 16 heteroatoms. The maximum absolute atomic E-state index is 14.2. The lowest BCUT2D eigenvalue weighted by molar-refractivity contribution is -0.147. The molecule has 1 aliphatic carbocycles. The number of ether oxygens (including phenoxy) is 2. The van der Waals surface area contributed by atoms with E-state index in [0.29, 0.717) is 32.2 Å². The molecule has 3 rings (SSSR count). The molecule has 2 fully saturated rings. The molecule has 5 amide bonds. The summed E-state index contributed by atoms with van der Waals surface area (Å²) in [5.74, 6) is -3.25. The molecule has 322 valence electrons. The summed E-state index contributed by atoms with van der Waals surface area (Å²) >= 11 is 0. The molecule has 1 aliphatic heterocycles. The number of likely N-dealkylation sites (tertiary alicyclic amines) is 1. The van der Waals surface area contributed by atoms with Gasteiger partial charge in [0.25, 0.3) is 5.91 Å². The second-order valence-corrected chi connectivity index (χ2v) is 18.6. The summed E-state index contributed by atoms with van der Waals surface area (Å²) in [6.07, 6.45) is 0.783. The van der Waals surface area contributed by atoms with E-state index in [-0.39, 0.29) is 48.3 Å². The van der Waals surface area contributed by atoms with E-state index in [1.54, 1.807) is 55.1 Å². The van der Waals surface area contributed by atoms with Crippen molar-refractivity contribution in [2.45, 2.75) is 135 Å². The van der Waals surface area contributed by atoms with E-state index < -0.39 is 75.4 Å². The summed E-state index contributed by atoms with van der Waals surface area (Å²) < 4.78 is 39.3. The molecule has 15 nitrogen and oxygen atoms in total. The van der Waals surface area contributed by atoms with Crippen LogP contribution in [0, 0.1) is 23.7 Å². The van der Waals surface area contributed by atoms with E-state index in [1.165, 1.54) is 14.2 Å². The first-order chi connectivity index (χ1) is 26.8. The van der Waals surface area contributed by atoms with Crippen molar-refractivity contribution in [1.82, 2.24) is 30.5 Å². The van der Waals surface area contributed by atoms with Crippen molar-refractivity contribution >= 4 is 39.6 Å². The van der Waals surface area contributed by atoms with Crippen LogP contribution in [0.25, 0.3) is 0 Å². The zero-order valence-corrected chi connectivity index (χ0v) is 36.6. The first kappa shape index (κ1) is 47.8. The van der Waals surface area contributed by atoms with E-state index in [2.05, 4.69) is 20.7 Å².